The van der Waals surface area contributed by atoms with Crippen molar-refractivity contribution in [3.8, 4) is 5.75 Å². The number of para-hydroxylation sites is 1. The zero-order valence-corrected chi connectivity index (χ0v) is 14.2. The molecule has 3 rings (SSSR count). The number of hydrogen-bond acceptors (Lipinski definition) is 4. The lowest BCUT2D eigenvalue weighted by molar-refractivity contribution is 0.0925. The molecular formula is C18H19NO4S. The molecule has 0 spiro atoms. The van der Waals surface area contributed by atoms with Crippen LogP contribution in [0.2, 0.25) is 0 Å². The van der Waals surface area contributed by atoms with Crippen molar-refractivity contribution >= 4 is 15.7 Å². The first-order chi connectivity index (χ1) is 11.4. The van der Waals surface area contributed by atoms with E-state index in [0.29, 0.717) is 17.7 Å². The van der Waals surface area contributed by atoms with Gasteiger partial charge in [0.05, 0.1) is 18.4 Å². The Bertz CT molecular complexity index is 844. The van der Waals surface area contributed by atoms with Gasteiger partial charge in [0.1, 0.15) is 5.75 Å². The number of benzene rings is 2. The lowest BCUT2D eigenvalue weighted by Crippen LogP contribution is -2.32. The zero-order valence-electron chi connectivity index (χ0n) is 13.4. The van der Waals surface area contributed by atoms with Crippen molar-refractivity contribution in [2.45, 2.75) is 18.2 Å². The van der Waals surface area contributed by atoms with Gasteiger partial charge in [-0.05, 0) is 23.8 Å². The molecule has 1 N–H and O–H groups in total. The second-order valence-electron chi connectivity index (χ2n) is 5.97. The molecule has 0 aliphatic carbocycles. The summed E-state index contributed by atoms with van der Waals surface area (Å²) in [6.07, 6.45) is 1.91. The first-order valence-corrected chi connectivity index (χ1v) is 9.78. The molecular weight excluding hydrogens is 326 g/mol. The Labute approximate surface area is 141 Å². The van der Waals surface area contributed by atoms with Crippen LogP contribution in [0.5, 0.6) is 5.75 Å². The van der Waals surface area contributed by atoms with E-state index in [0.717, 1.165) is 17.7 Å². The number of carbonyl (C=O) groups excluding carboxylic acids is 1. The van der Waals surface area contributed by atoms with Gasteiger partial charge in [-0.1, -0.05) is 30.3 Å². The monoisotopic (exact) mass is 345 g/mol. The largest absolute Gasteiger partial charge is 0.493 e. The fourth-order valence-corrected chi connectivity index (χ4v) is 3.59. The smallest absolute Gasteiger partial charge is 0.251 e. The average molecular weight is 345 g/mol. The van der Waals surface area contributed by atoms with Crippen LogP contribution in [-0.2, 0) is 15.6 Å². The van der Waals surface area contributed by atoms with E-state index in [9.17, 15) is 13.2 Å². The van der Waals surface area contributed by atoms with E-state index < -0.39 is 9.84 Å². The maximum Gasteiger partial charge on any atom is 0.251 e. The van der Waals surface area contributed by atoms with Crippen LogP contribution in [0.15, 0.2) is 48.5 Å². The van der Waals surface area contributed by atoms with E-state index in [2.05, 4.69) is 5.32 Å². The van der Waals surface area contributed by atoms with Gasteiger partial charge >= 0.3 is 0 Å². The van der Waals surface area contributed by atoms with Crippen molar-refractivity contribution < 1.29 is 17.9 Å². The standard InChI is InChI=1S/C18H19NO4S/c1-24(21,22)12-13-6-8-14(9-7-13)18(20)19-16-10-11-23-17-5-3-2-4-15(16)17/h2-9,16H,10-12H2,1H3,(H,19,20)/t16-/m1/s1. The summed E-state index contributed by atoms with van der Waals surface area (Å²) in [5, 5.41) is 3.02. The van der Waals surface area contributed by atoms with Crippen molar-refractivity contribution in [2.24, 2.45) is 0 Å². The summed E-state index contributed by atoms with van der Waals surface area (Å²) in [5.41, 5.74) is 2.16. The van der Waals surface area contributed by atoms with Gasteiger partial charge in [-0.25, -0.2) is 8.42 Å². The highest BCUT2D eigenvalue weighted by atomic mass is 32.2. The topological polar surface area (TPSA) is 72.5 Å². The molecule has 1 aliphatic rings. The number of hydrogen-bond donors (Lipinski definition) is 1. The number of carbonyl (C=O) groups is 1. The number of fused-ring (bicyclic) bond motifs is 1. The van der Waals surface area contributed by atoms with Crippen LogP contribution in [0.25, 0.3) is 0 Å². The number of ether oxygens (including phenoxy) is 1. The minimum Gasteiger partial charge on any atom is -0.493 e. The van der Waals surface area contributed by atoms with Crippen LogP contribution in [0.1, 0.15) is 33.9 Å². The predicted molar refractivity (Wildman–Crippen MR) is 91.8 cm³/mol. The Hall–Kier alpha value is -2.34. The highest BCUT2D eigenvalue weighted by molar-refractivity contribution is 7.89. The molecule has 0 unspecified atom stereocenters. The lowest BCUT2D eigenvalue weighted by Gasteiger charge is -2.26. The Morgan fingerprint density at radius 2 is 1.88 bits per heavy atom. The summed E-state index contributed by atoms with van der Waals surface area (Å²) in [5.74, 6) is 0.600. The van der Waals surface area contributed by atoms with E-state index in [-0.39, 0.29) is 17.7 Å². The molecule has 0 radical (unpaired) electrons. The fourth-order valence-electron chi connectivity index (χ4n) is 2.79. The van der Waals surface area contributed by atoms with Gasteiger partial charge < -0.3 is 10.1 Å². The fraction of sp³-hybridized carbons (Fsp3) is 0.278. The highest BCUT2D eigenvalue weighted by Crippen LogP contribution is 2.31. The molecule has 126 valence electrons. The van der Waals surface area contributed by atoms with Crippen LogP contribution >= 0.6 is 0 Å². The van der Waals surface area contributed by atoms with Crippen molar-refractivity contribution in [2.75, 3.05) is 12.9 Å². The predicted octanol–water partition coefficient (Wildman–Crippen LogP) is 2.48. The van der Waals surface area contributed by atoms with Gasteiger partial charge in [-0.15, -0.1) is 0 Å². The number of rotatable bonds is 4. The molecule has 0 saturated heterocycles. The maximum atomic E-state index is 12.4. The van der Waals surface area contributed by atoms with Crippen LogP contribution in [0.4, 0.5) is 0 Å². The van der Waals surface area contributed by atoms with Gasteiger partial charge in [0, 0.05) is 23.8 Å². The summed E-state index contributed by atoms with van der Waals surface area (Å²) < 4.78 is 28.2. The third-order valence-corrected chi connectivity index (χ3v) is 4.77. The Balaban J connectivity index is 1.72. The second kappa shape index (κ2) is 6.65. The molecule has 1 atom stereocenters. The van der Waals surface area contributed by atoms with Gasteiger partial charge in [-0.2, -0.15) is 0 Å². The highest BCUT2D eigenvalue weighted by Gasteiger charge is 2.23. The summed E-state index contributed by atoms with van der Waals surface area (Å²) in [6.45, 7) is 0.565. The Kier molecular flexibility index (Phi) is 4.57. The molecule has 5 nitrogen and oxygen atoms in total. The van der Waals surface area contributed by atoms with E-state index in [1.165, 1.54) is 6.26 Å². The van der Waals surface area contributed by atoms with Crippen molar-refractivity contribution in [1.82, 2.24) is 5.32 Å². The van der Waals surface area contributed by atoms with Gasteiger partial charge in [0.25, 0.3) is 5.91 Å². The van der Waals surface area contributed by atoms with E-state index in [1.54, 1.807) is 24.3 Å². The van der Waals surface area contributed by atoms with Crippen molar-refractivity contribution in [3.05, 3.63) is 65.2 Å². The molecule has 0 fully saturated rings. The van der Waals surface area contributed by atoms with Crippen LogP contribution in [0, 0.1) is 0 Å². The van der Waals surface area contributed by atoms with Gasteiger partial charge in [0.2, 0.25) is 0 Å². The van der Waals surface area contributed by atoms with E-state index in [4.69, 9.17) is 4.74 Å². The second-order valence-corrected chi connectivity index (χ2v) is 8.11. The minimum absolute atomic E-state index is 0.0256. The lowest BCUT2D eigenvalue weighted by atomic mass is 10.00. The maximum absolute atomic E-state index is 12.4. The third-order valence-electron chi connectivity index (χ3n) is 3.91. The molecule has 1 aliphatic heterocycles. The van der Waals surface area contributed by atoms with Crippen LogP contribution < -0.4 is 10.1 Å². The summed E-state index contributed by atoms with van der Waals surface area (Å²) in [4.78, 5) is 12.4. The Morgan fingerprint density at radius 1 is 1.17 bits per heavy atom. The molecule has 0 bridgehead atoms. The van der Waals surface area contributed by atoms with E-state index in [1.807, 2.05) is 24.3 Å². The molecule has 24 heavy (non-hydrogen) atoms. The zero-order chi connectivity index (χ0) is 17.2. The quantitative estimate of drug-likeness (QED) is 0.924. The number of amides is 1. The first-order valence-electron chi connectivity index (χ1n) is 7.72. The number of nitrogens with one attached hydrogen (secondary N) is 1. The Morgan fingerprint density at radius 3 is 2.58 bits per heavy atom. The molecule has 1 amide bonds. The summed E-state index contributed by atoms with van der Waals surface area (Å²) >= 11 is 0. The molecule has 2 aromatic carbocycles. The van der Waals surface area contributed by atoms with Crippen molar-refractivity contribution in [3.63, 3.8) is 0 Å². The molecule has 0 saturated carbocycles. The number of sulfone groups is 1. The summed E-state index contributed by atoms with van der Waals surface area (Å²) in [6, 6.07) is 14.3. The first kappa shape index (κ1) is 16.5. The molecule has 2 aromatic rings. The van der Waals surface area contributed by atoms with Gasteiger partial charge in [0.15, 0.2) is 9.84 Å². The van der Waals surface area contributed by atoms with Gasteiger partial charge in [-0.3, -0.25) is 4.79 Å². The SMILES string of the molecule is CS(=O)(=O)Cc1ccc(C(=O)N[C@@H]2CCOc3ccccc32)cc1. The van der Waals surface area contributed by atoms with E-state index >= 15 is 0 Å². The van der Waals surface area contributed by atoms with Crippen molar-refractivity contribution in [1.29, 1.82) is 0 Å². The molecule has 1 heterocycles. The van der Waals surface area contributed by atoms with Crippen LogP contribution in [-0.4, -0.2) is 27.2 Å². The molecule has 0 aromatic heterocycles. The molecule has 6 heteroatoms. The average Bonchev–Trinajstić information content (AvgIpc) is 2.54. The summed E-state index contributed by atoms with van der Waals surface area (Å²) in [7, 11) is -3.08. The minimum atomic E-state index is -3.08. The normalized spacial score (nSPS) is 16.8. The third kappa shape index (κ3) is 3.94. The van der Waals surface area contributed by atoms with Crippen LogP contribution in [0.3, 0.4) is 0 Å².